The second-order valence-corrected chi connectivity index (χ2v) is 5.38. The van der Waals surface area contributed by atoms with Crippen LogP contribution in [0.3, 0.4) is 0 Å². The van der Waals surface area contributed by atoms with Crippen LogP contribution < -0.4 is 4.90 Å². The lowest BCUT2D eigenvalue weighted by atomic mass is 10.0. The molecule has 0 spiro atoms. The van der Waals surface area contributed by atoms with Crippen LogP contribution in [0.15, 0.2) is 41.0 Å². The Balaban J connectivity index is 2.07. The van der Waals surface area contributed by atoms with E-state index >= 15 is 0 Å². The summed E-state index contributed by atoms with van der Waals surface area (Å²) in [5.74, 6) is 0.881. The SMILES string of the molecule is N#Cc1cnc(N2CCCc3ccccc32)c(Br)c1. The van der Waals surface area contributed by atoms with E-state index in [1.165, 1.54) is 11.3 Å². The van der Waals surface area contributed by atoms with Crippen LogP contribution in [-0.2, 0) is 6.42 Å². The summed E-state index contributed by atoms with van der Waals surface area (Å²) in [4.78, 5) is 6.64. The van der Waals surface area contributed by atoms with Crippen LogP contribution in [0, 0.1) is 11.3 Å². The van der Waals surface area contributed by atoms with Gasteiger partial charge in [0.15, 0.2) is 0 Å². The van der Waals surface area contributed by atoms with Crippen LogP contribution in [0.2, 0.25) is 0 Å². The zero-order valence-electron chi connectivity index (χ0n) is 10.3. The Labute approximate surface area is 120 Å². The number of hydrogen-bond acceptors (Lipinski definition) is 3. The van der Waals surface area contributed by atoms with Gasteiger partial charge < -0.3 is 4.90 Å². The van der Waals surface area contributed by atoms with E-state index in [0.717, 1.165) is 29.7 Å². The van der Waals surface area contributed by atoms with Crippen molar-refractivity contribution in [2.75, 3.05) is 11.4 Å². The van der Waals surface area contributed by atoms with E-state index in [9.17, 15) is 0 Å². The standard InChI is InChI=1S/C15H12BrN3/c16-13-8-11(9-17)10-18-15(13)19-7-3-5-12-4-1-2-6-14(12)19/h1-2,4,6,8,10H,3,5,7H2. The summed E-state index contributed by atoms with van der Waals surface area (Å²) in [5, 5.41) is 8.90. The molecular weight excluding hydrogens is 302 g/mol. The minimum Gasteiger partial charge on any atom is -0.325 e. The molecule has 0 fully saturated rings. The van der Waals surface area contributed by atoms with E-state index in [-0.39, 0.29) is 0 Å². The third-order valence-electron chi connectivity index (χ3n) is 3.32. The van der Waals surface area contributed by atoms with Crippen LogP contribution in [0.1, 0.15) is 17.5 Å². The molecule has 94 valence electrons. The average Bonchev–Trinajstić information content (AvgIpc) is 2.46. The molecule has 3 rings (SSSR count). The molecule has 4 heteroatoms. The van der Waals surface area contributed by atoms with Gasteiger partial charge >= 0.3 is 0 Å². The fourth-order valence-electron chi connectivity index (χ4n) is 2.44. The van der Waals surface area contributed by atoms with Crippen LogP contribution in [0.4, 0.5) is 11.5 Å². The van der Waals surface area contributed by atoms with Crippen molar-refractivity contribution in [3.63, 3.8) is 0 Å². The molecule has 2 aromatic rings. The summed E-state index contributed by atoms with van der Waals surface area (Å²) in [5.41, 5.74) is 3.14. The summed E-state index contributed by atoms with van der Waals surface area (Å²) in [6.07, 6.45) is 3.85. The molecule has 1 aromatic heterocycles. The highest BCUT2D eigenvalue weighted by Crippen LogP contribution is 2.35. The lowest BCUT2D eigenvalue weighted by Crippen LogP contribution is -2.25. The zero-order chi connectivity index (χ0) is 13.2. The van der Waals surface area contributed by atoms with E-state index in [1.807, 2.05) is 6.07 Å². The molecule has 1 aliphatic rings. The van der Waals surface area contributed by atoms with Crippen LogP contribution in [0.25, 0.3) is 0 Å². The molecule has 0 aliphatic carbocycles. The Morgan fingerprint density at radius 2 is 2.16 bits per heavy atom. The summed E-state index contributed by atoms with van der Waals surface area (Å²) >= 11 is 3.52. The van der Waals surface area contributed by atoms with Crippen LogP contribution >= 0.6 is 15.9 Å². The number of pyridine rings is 1. The van der Waals surface area contributed by atoms with Crippen molar-refractivity contribution in [2.24, 2.45) is 0 Å². The summed E-state index contributed by atoms with van der Waals surface area (Å²) < 4.78 is 0.864. The number of aryl methyl sites for hydroxylation is 1. The maximum atomic E-state index is 8.90. The summed E-state index contributed by atoms with van der Waals surface area (Å²) in [6.45, 7) is 0.953. The summed E-state index contributed by atoms with van der Waals surface area (Å²) in [7, 11) is 0. The van der Waals surface area contributed by atoms with E-state index < -0.39 is 0 Å². The molecule has 0 atom stereocenters. The van der Waals surface area contributed by atoms with Gasteiger partial charge in [-0.05, 0) is 46.5 Å². The Hall–Kier alpha value is -1.86. The Morgan fingerprint density at radius 1 is 1.32 bits per heavy atom. The molecule has 19 heavy (non-hydrogen) atoms. The van der Waals surface area contributed by atoms with Crippen molar-refractivity contribution in [3.8, 4) is 6.07 Å². The first-order valence-electron chi connectivity index (χ1n) is 6.20. The third-order valence-corrected chi connectivity index (χ3v) is 3.90. The van der Waals surface area contributed by atoms with Gasteiger partial charge in [-0.2, -0.15) is 5.26 Å². The maximum Gasteiger partial charge on any atom is 0.147 e. The average molecular weight is 314 g/mol. The Morgan fingerprint density at radius 3 is 2.95 bits per heavy atom. The first-order chi connectivity index (χ1) is 9.29. The zero-order valence-corrected chi connectivity index (χ0v) is 11.9. The Bertz CT molecular complexity index is 661. The normalized spacial score (nSPS) is 13.8. The number of benzene rings is 1. The largest absolute Gasteiger partial charge is 0.325 e. The topological polar surface area (TPSA) is 39.9 Å². The third kappa shape index (κ3) is 2.22. The highest BCUT2D eigenvalue weighted by Gasteiger charge is 2.20. The number of anilines is 2. The number of aromatic nitrogens is 1. The number of hydrogen-bond donors (Lipinski definition) is 0. The smallest absolute Gasteiger partial charge is 0.147 e. The molecule has 3 nitrogen and oxygen atoms in total. The number of nitriles is 1. The number of rotatable bonds is 1. The molecule has 0 N–H and O–H groups in total. The molecule has 0 saturated carbocycles. The van der Waals surface area contributed by atoms with Crippen molar-refractivity contribution < 1.29 is 0 Å². The number of fused-ring (bicyclic) bond motifs is 1. The van der Waals surface area contributed by atoms with Gasteiger partial charge in [0.2, 0.25) is 0 Å². The van der Waals surface area contributed by atoms with Gasteiger partial charge in [0.05, 0.1) is 10.0 Å². The van der Waals surface area contributed by atoms with Crippen LogP contribution in [-0.4, -0.2) is 11.5 Å². The van der Waals surface area contributed by atoms with E-state index in [0.29, 0.717) is 5.56 Å². The second-order valence-electron chi connectivity index (χ2n) is 4.53. The lowest BCUT2D eigenvalue weighted by molar-refractivity contribution is 0.758. The quantitative estimate of drug-likeness (QED) is 0.804. The highest BCUT2D eigenvalue weighted by atomic mass is 79.9. The van der Waals surface area contributed by atoms with Gasteiger partial charge in [-0.3, -0.25) is 0 Å². The molecule has 0 bridgehead atoms. The predicted octanol–water partition coefficient (Wildman–Crippen LogP) is 3.80. The maximum absolute atomic E-state index is 8.90. The molecule has 0 saturated heterocycles. The first-order valence-corrected chi connectivity index (χ1v) is 7.00. The molecular formula is C15H12BrN3. The highest BCUT2D eigenvalue weighted by molar-refractivity contribution is 9.10. The van der Waals surface area contributed by atoms with Crippen molar-refractivity contribution in [2.45, 2.75) is 12.8 Å². The van der Waals surface area contributed by atoms with Gasteiger partial charge in [-0.15, -0.1) is 0 Å². The number of halogens is 1. The van der Waals surface area contributed by atoms with Crippen molar-refractivity contribution in [1.82, 2.24) is 4.98 Å². The molecule has 0 unspecified atom stereocenters. The summed E-state index contributed by atoms with van der Waals surface area (Å²) in [6, 6.07) is 12.3. The first kappa shape index (κ1) is 12.2. The van der Waals surface area contributed by atoms with Gasteiger partial charge in [0.25, 0.3) is 0 Å². The molecule has 1 aliphatic heterocycles. The number of nitrogens with zero attached hydrogens (tertiary/aromatic N) is 3. The minimum absolute atomic E-state index is 0.570. The monoisotopic (exact) mass is 313 g/mol. The molecule has 0 radical (unpaired) electrons. The van der Waals surface area contributed by atoms with E-state index in [4.69, 9.17) is 5.26 Å². The molecule has 1 aromatic carbocycles. The lowest BCUT2D eigenvalue weighted by Gasteiger charge is -2.31. The second kappa shape index (κ2) is 5.02. The van der Waals surface area contributed by atoms with Gasteiger partial charge in [0.1, 0.15) is 11.9 Å². The van der Waals surface area contributed by atoms with Gasteiger partial charge in [0, 0.05) is 18.4 Å². The molecule has 2 heterocycles. The van der Waals surface area contributed by atoms with Crippen molar-refractivity contribution in [1.29, 1.82) is 5.26 Å². The Kier molecular flexibility index (Phi) is 3.22. The van der Waals surface area contributed by atoms with Gasteiger partial charge in [-0.25, -0.2) is 4.98 Å². The van der Waals surface area contributed by atoms with Crippen molar-refractivity contribution in [3.05, 3.63) is 52.1 Å². The predicted molar refractivity (Wildman–Crippen MR) is 78.4 cm³/mol. The fraction of sp³-hybridized carbons (Fsp3) is 0.200. The van der Waals surface area contributed by atoms with Gasteiger partial charge in [-0.1, -0.05) is 18.2 Å². The van der Waals surface area contributed by atoms with E-state index in [1.54, 1.807) is 6.20 Å². The van der Waals surface area contributed by atoms with Crippen molar-refractivity contribution >= 4 is 27.4 Å². The van der Waals surface area contributed by atoms with Crippen LogP contribution in [0.5, 0.6) is 0 Å². The minimum atomic E-state index is 0.570. The fourth-order valence-corrected chi connectivity index (χ4v) is 3.01. The van der Waals surface area contributed by atoms with E-state index in [2.05, 4.69) is 56.1 Å². The molecule has 0 amide bonds. The number of para-hydroxylation sites is 1.